The predicted molar refractivity (Wildman–Crippen MR) is 96.7 cm³/mol. The van der Waals surface area contributed by atoms with Gasteiger partial charge >= 0.3 is 0 Å². The van der Waals surface area contributed by atoms with Crippen LogP contribution in [0.25, 0.3) is 11.1 Å². The summed E-state index contributed by atoms with van der Waals surface area (Å²) in [7, 11) is -3.21. The highest BCUT2D eigenvalue weighted by molar-refractivity contribution is 7.88. The quantitative estimate of drug-likeness (QED) is 0.701. The van der Waals surface area contributed by atoms with E-state index in [9.17, 15) is 8.42 Å². The van der Waals surface area contributed by atoms with Gasteiger partial charge in [0, 0.05) is 18.8 Å². The lowest BCUT2D eigenvalue weighted by Gasteiger charge is -2.10. The molecule has 0 radical (unpaired) electrons. The molecule has 0 aliphatic carbocycles. The Morgan fingerprint density at radius 3 is 2.56 bits per heavy atom. The van der Waals surface area contributed by atoms with E-state index in [1.165, 1.54) is 0 Å². The Bertz CT molecular complexity index is 1010. The number of hydrogen-bond acceptors (Lipinski definition) is 6. The standard InChI is InChI=1S/C17H20N4O3S/c1-11-7-15(16-12(2)21-24-17(16)20-11)18-9-13-5-4-6-14(8-13)10-19-25(3,22)23/h4-8,19H,9-10H2,1-3H3,(H,18,20). The van der Waals surface area contributed by atoms with E-state index in [1.54, 1.807) is 0 Å². The monoisotopic (exact) mass is 360 g/mol. The molecule has 1 aromatic carbocycles. The van der Waals surface area contributed by atoms with Crippen molar-refractivity contribution in [2.75, 3.05) is 11.6 Å². The third kappa shape index (κ3) is 4.34. The summed E-state index contributed by atoms with van der Waals surface area (Å²) in [5.41, 5.74) is 5.02. The number of pyridine rings is 1. The highest BCUT2D eigenvalue weighted by atomic mass is 32.2. The van der Waals surface area contributed by atoms with Crippen molar-refractivity contribution in [3.05, 3.63) is 52.8 Å². The van der Waals surface area contributed by atoms with E-state index < -0.39 is 10.0 Å². The minimum absolute atomic E-state index is 0.274. The first-order chi connectivity index (χ1) is 11.8. The van der Waals surface area contributed by atoms with Crippen molar-refractivity contribution in [2.45, 2.75) is 26.9 Å². The Kier molecular flexibility index (Phi) is 4.73. The summed E-state index contributed by atoms with van der Waals surface area (Å²) in [5.74, 6) is 0. The van der Waals surface area contributed by atoms with Gasteiger partial charge in [-0.1, -0.05) is 29.4 Å². The van der Waals surface area contributed by atoms with Crippen LogP contribution >= 0.6 is 0 Å². The Labute approximate surface area is 146 Å². The zero-order valence-electron chi connectivity index (χ0n) is 14.3. The minimum Gasteiger partial charge on any atom is -0.380 e. The fourth-order valence-electron chi connectivity index (χ4n) is 2.62. The summed E-state index contributed by atoms with van der Waals surface area (Å²) in [6.07, 6.45) is 1.15. The second-order valence-corrected chi connectivity index (χ2v) is 7.86. The molecule has 0 fully saturated rings. The summed E-state index contributed by atoms with van der Waals surface area (Å²) in [4.78, 5) is 4.34. The second kappa shape index (κ2) is 6.81. The molecule has 2 heterocycles. The zero-order valence-corrected chi connectivity index (χ0v) is 15.1. The molecule has 0 spiro atoms. The topological polar surface area (TPSA) is 97.1 Å². The highest BCUT2D eigenvalue weighted by Crippen LogP contribution is 2.26. The third-order valence-electron chi connectivity index (χ3n) is 3.76. The zero-order chi connectivity index (χ0) is 18.0. The van der Waals surface area contributed by atoms with Crippen molar-refractivity contribution in [3.63, 3.8) is 0 Å². The molecule has 132 valence electrons. The molecule has 0 aliphatic rings. The molecule has 3 aromatic rings. The summed E-state index contributed by atoms with van der Waals surface area (Å²) >= 11 is 0. The lowest BCUT2D eigenvalue weighted by atomic mass is 10.1. The first kappa shape index (κ1) is 17.4. The Hall–Kier alpha value is -2.45. The lowest BCUT2D eigenvalue weighted by Crippen LogP contribution is -2.21. The highest BCUT2D eigenvalue weighted by Gasteiger charge is 2.12. The number of hydrogen-bond donors (Lipinski definition) is 2. The third-order valence-corrected chi connectivity index (χ3v) is 4.43. The van der Waals surface area contributed by atoms with Gasteiger partial charge in [-0.15, -0.1) is 0 Å². The number of benzene rings is 1. The van der Waals surface area contributed by atoms with Crippen molar-refractivity contribution >= 4 is 26.8 Å². The fraction of sp³-hybridized carbons (Fsp3) is 0.294. The Morgan fingerprint density at radius 2 is 1.84 bits per heavy atom. The summed E-state index contributed by atoms with van der Waals surface area (Å²) in [6, 6.07) is 9.72. The van der Waals surface area contributed by atoms with Gasteiger partial charge in [-0.2, -0.15) is 0 Å². The number of aryl methyl sites for hydroxylation is 2. The molecular weight excluding hydrogens is 340 g/mol. The molecule has 0 bridgehead atoms. The number of nitrogens with zero attached hydrogens (tertiary/aromatic N) is 2. The van der Waals surface area contributed by atoms with Crippen LogP contribution in [-0.4, -0.2) is 24.8 Å². The van der Waals surface area contributed by atoms with Crippen LogP contribution in [0.5, 0.6) is 0 Å². The van der Waals surface area contributed by atoms with Gasteiger partial charge in [0.15, 0.2) is 0 Å². The van der Waals surface area contributed by atoms with Crippen LogP contribution in [0.2, 0.25) is 0 Å². The molecule has 0 amide bonds. The maximum Gasteiger partial charge on any atom is 0.260 e. The van der Waals surface area contributed by atoms with Crippen LogP contribution in [0.3, 0.4) is 0 Å². The molecule has 0 unspecified atom stereocenters. The average molecular weight is 360 g/mol. The van der Waals surface area contributed by atoms with Crippen molar-refractivity contribution < 1.29 is 12.9 Å². The van der Waals surface area contributed by atoms with Crippen LogP contribution in [-0.2, 0) is 23.1 Å². The van der Waals surface area contributed by atoms with Gasteiger partial charge < -0.3 is 9.84 Å². The minimum atomic E-state index is -3.21. The van der Waals surface area contributed by atoms with Gasteiger partial charge in [-0.3, -0.25) is 0 Å². The van der Waals surface area contributed by atoms with E-state index in [2.05, 4.69) is 20.2 Å². The smallest absolute Gasteiger partial charge is 0.260 e. The first-order valence-corrected chi connectivity index (χ1v) is 9.71. The number of sulfonamides is 1. The summed E-state index contributed by atoms with van der Waals surface area (Å²) in [6.45, 7) is 4.65. The van der Waals surface area contributed by atoms with E-state index in [4.69, 9.17) is 4.52 Å². The van der Waals surface area contributed by atoms with Crippen molar-refractivity contribution in [2.24, 2.45) is 0 Å². The molecule has 0 saturated carbocycles. The van der Waals surface area contributed by atoms with Gasteiger partial charge in [0.1, 0.15) is 0 Å². The summed E-state index contributed by atoms with van der Waals surface area (Å²) < 4.78 is 30.2. The summed E-state index contributed by atoms with van der Waals surface area (Å²) in [5, 5.41) is 8.24. The molecule has 0 aliphatic heterocycles. The van der Waals surface area contributed by atoms with E-state index in [1.807, 2.05) is 44.2 Å². The lowest BCUT2D eigenvalue weighted by molar-refractivity contribution is 0.442. The van der Waals surface area contributed by atoms with Gasteiger partial charge in [0.2, 0.25) is 10.0 Å². The van der Waals surface area contributed by atoms with E-state index in [-0.39, 0.29) is 6.54 Å². The van der Waals surface area contributed by atoms with Crippen molar-refractivity contribution in [3.8, 4) is 0 Å². The van der Waals surface area contributed by atoms with Crippen LogP contribution in [0.15, 0.2) is 34.9 Å². The van der Waals surface area contributed by atoms with Gasteiger partial charge in [-0.25, -0.2) is 18.1 Å². The van der Waals surface area contributed by atoms with Crippen LogP contribution < -0.4 is 10.0 Å². The molecule has 3 rings (SSSR count). The first-order valence-electron chi connectivity index (χ1n) is 7.82. The maximum atomic E-state index is 11.2. The Balaban J connectivity index is 1.77. The number of rotatable bonds is 6. The number of anilines is 1. The molecule has 0 saturated heterocycles. The van der Waals surface area contributed by atoms with E-state index in [0.29, 0.717) is 12.3 Å². The number of fused-ring (bicyclic) bond motifs is 1. The fourth-order valence-corrected chi connectivity index (χ4v) is 3.05. The molecular formula is C17H20N4O3S. The number of nitrogens with one attached hydrogen (secondary N) is 2. The van der Waals surface area contributed by atoms with E-state index >= 15 is 0 Å². The second-order valence-electron chi connectivity index (χ2n) is 6.03. The van der Waals surface area contributed by atoms with Crippen LogP contribution in [0, 0.1) is 13.8 Å². The average Bonchev–Trinajstić information content (AvgIpc) is 2.91. The Morgan fingerprint density at radius 1 is 1.12 bits per heavy atom. The number of aromatic nitrogens is 2. The molecule has 2 N–H and O–H groups in total. The predicted octanol–water partition coefficient (Wildman–Crippen LogP) is 2.50. The SMILES string of the molecule is Cc1cc(NCc2cccc(CNS(C)(=O)=O)c2)c2c(C)noc2n1. The van der Waals surface area contributed by atoms with Gasteiger partial charge in [-0.05, 0) is 31.0 Å². The molecule has 0 atom stereocenters. The molecule has 7 nitrogen and oxygen atoms in total. The molecule has 25 heavy (non-hydrogen) atoms. The van der Waals surface area contributed by atoms with Crippen LogP contribution in [0.4, 0.5) is 5.69 Å². The maximum absolute atomic E-state index is 11.2. The van der Waals surface area contributed by atoms with E-state index in [0.717, 1.165) is 39.8 Å². The largest absolute Gasteiger partial charge is 0.380 e. The van der Waals surface area contributed by atoms with Crippen molar-refractivity contribution in [1.82, 2.24) is 14.9 Å². The van der Waals surface area contributed by atoms with Crippen LogP contribution in [0.1, 0.15) is 22.5 Å². The van der Waals surface area contributed by atoms with Crippen molar-refractivity contribution in [1.29, 1.82) is 0 Å². The van der Waals surface area contributed by atoms with Gasteiger partial charge in [0.05, 0.1) is 23.0 Å². The van der Waals surface area contributed by atoms with Gasteiger partial charge in [0.25, 0.3) is 5.71 Å². The molecule has 2 aromatic heterocycles. The normalized spacial score (nSPS) is 11.8. The molecule has 8 heteroatoms.